The predicted octanol–water partition coefficient (Wildman–Crippen LogP) is 4.84. The Balaban J connectivity index is 2.01. The summed E-state index contributed by atoms with van der Waals surface area (Å²) in [6.45, 7) is 4.24. The first-order valence-electron chi connectivity index (χ1n) is 8.03. The first kappa shape index (κ1) is 13.5. The highest BCUT2D eigenvalue weighted by atomic mass is 16.1. The van der Waals surface area contributed by atoms with E-state index >= 15 is 0 Å². The summed E-state index contributed by atoms with van der Waals surface area (Å²) in [4.78, 5) is 12.8. The molecule has 1 fully saturated rings. The smallest absolute Gasteiger partial charge is 0.146 e. The van der Waals surface area contributed by atoms with E-state index in [4.69, 9.17) is 0 Å². The van der Waals surface area contributed by atoms with Crippen LogP contribution in [0.2, 0.25) is 0 Å². The zero-order chi connectivity index (χ0) is 15.3. The summed E-state index contributed by atoms with van der Waals surface area (Å²) >= 11 is 0. The van der Waals surface area contributed by atoms with Crippen molar-refractivity contribution in [2.75, 3.05) is 0 Å². The lowest BCUT2D eigenvalue weighted by molar-refractivity contribution is -0.125. The maximum absolute atomic E-state index is 12.8. The molecule has 2 aliphatic rings. The van der Waals surface area contributed by atoms with Crippen LogP contribution in [-0.2, 0) is 4.79 Å². The Hall–Kier alpha value is -2.15. The predicted molar refractivity (Wildman–Crippen MR) is 90.1 cm³/mol. The molecule has 3 atom stereocenters. The van der Waals surface area contributed by atoms with E-state index in [0.29, 0.717) is 11.7 Å². The van der Waals surface area contributed by atoms with Crippen molar-refractivity contribution in [2.24, 2.45) is 17.3 Å². The minimum atomic E-state index is -0.323. The van der Waals surface area contributed by atoms with Crippen LogP contribution in [0.3, 0.4) is 0 Å². The number of ketones is 1. The number of benzene rings is 2. The van der Waals surface area contributed by atoms with E-state index in [2.05, 4.69) is 68.4 Å². The van der Waals surface area contributed by atoms with Gasteiger partial charge in [-0.15, -0.1) is 0 Å². The van der Waals surface area contributed by atoms with E-state index in [0.717, 1.165) is 6.42 Å². The average Bonchev–Trinajstić information content (AvgIpc) is 2.99. The molecule has 1 heteroatoms. The fraction of sp³-hybridized carbons (Fsp3) is 0.286. The maximum atomic E-state index is 12.8. The standard InChI is InChI=1S/C21H20O/c1-14-17-13-21(2,20(14)22)19(16-11-7-4-8-12-16)18(17)15-9-5-3-6-10-15/h3-12,14,17H,13H2,1-2H3/t14-,17-,21-/m1/s1. The van der Waals surface area contributed by atoms with E-state index in [1.807, 2.05) is 6.07 Å². The van der Waals surface area contributed by atoms with Crippen molar-refractivity contribution in [1.29, 1.82) is 0 Å². The fourth-order valence-electron chi connectivity index (χ4n) is 4.52. The van der Waals surface area contributed by atoms with Gasteiger partial charge in [0.25, 0.3) is 0 Å². The molecule has 2 bridgehead atoms. The normalized spacial score (nSPS) is 30.2. The van der Waals surface area contributed by atoms with Gasteiger partial charge in [-0.3, -0.25) is 4.79 Å². The molecule has 110 valence electrons. The van der Waals surface area contributed by atoms with Crippen LogP contribution in [0.1, 0.15) is 31.4 Å². The van der Waals surface area contributed by atoms with Gasteiger partial charge in [0.2, 0.25) is 0 Å². The molecular formula is C21H20O. The van der Waals surface area contributed by atoms with Crippen LogP contribution in [0.4, 0.5) is 0 Å². The summed E-state index contributed by atoms with van der Waals surface area (Å²) in [6, 6.07) is 21.0. The second-order valence-electron chi connectivity index (χ2n) is 6.82. The maximum Gasteiger partial charge on any atom is 0.146 e. The van der Waals surface area contributed by atoms with E-state index in [-0.39, 0.29) is 11.3 Å². The highest BCUT2D eigenvalue weighted by molar-refractivity contribution is 6.13. The molecule has 0 radical (unpaired) electrons. The SMILES string of the molecule is C[C@H]1C(=O)[C@]2(C)C[C@H]1C(c1ccccc1)=C2c1ccccc1. The van der Waals surface area contributed by atoms with Crippen molar-refractivity contribution >= 4 is 16.9 Å². The molecule has 0 amide bonds. The Morgan fingerprint density at radius 3 is 2.05 bits per heavy atom. The van der Waals surface area contributed by atoms with Crippen molar-refractivity contribution in [1.82, 2.24) is 0 Å². The zero-order valence-electron chi connectivity index (χ0n) is 13.0. The second-order valence-corrected chi connectivity index (χ2v) is 6.82. The van der Waals surface area contributed by atoms with Crippen molar-refractivity contribution in [3.63, 3.8) is 0 Å². The van der Waals surface area contributed by atoms with Crippen LogP contribution >= 0.6 is 0 Å². The Labute approximate surface area is 131 Å². The topological polar surface area (TPSA) is 17.1 Å². The minimum absolute atomic E-state index is 0.132. The summed E-state index contributed by atoms with van der Waals surface area (Å²) in [5.41, 5.74) is 4.80. The van der Waals surface area contributed by atoms with Gasteiger partial charge in [0.1, 0.15) is 5.78 Å². The molecule has 0 N–H and O–H groups in total. The number of hydrogen-bond donors (Lipinski definition) is 0. The lowest BCUT2D eigenvalue weighted by atomic mass is 9.72. The molecule has 2 aromatic carbocycles. The zero-order valence-corrected chi connectivity index (χ0v) is 13.0. The minimum Gasteiger partial charge on any atom is -0.298 e. The third kappa shape index (κ3) is 1.68. The summed E-state index contributed by atoms with van der Waals surface area (Å²) in [5, 5.41) is 0. The van der Waals surface area contributed by atoms with Crippen LogP contribution in [0.15, 0.2) is 60.7 Å². The number of carbonyl (C=O) groups excluding carboxylic acids is 1. The number of carbonyl (C=O) groups is 1. The van der Waals surface area contributed by atoms with Crippen LogP contribution in [-0.4, -0.2) is 5.78 Å². The lowest BCUT2D eigenvalue weighted by Gasteiger charge is -2.30. The third-order valence-electron chi connectivity index (χ3n) is 5.53. The first-order valence-corrected chi connectivity index (χ1v) is 8.03. The Kier molecular flexibility index (Phi) is 2.87. The van der Waals surface area contributed by atoms with Gasteiger partial charge in [-0.05, 0) is 41.5 Å². The number of fused-ring (bicyclic) bond motifs is 2. The molecule has 0 unspecified atom stereocenters. The van der Waals surface area contributed by atoms with Gasteiger partial charge in [0.05, 0.1) is 5.41 Å². The molecule has 2 aromatic rings. The van der Waals surface area contributed by atoms with Crippen LogP contribution < -0.4 is 0 Å². The Bertz CT molecular complexity index is 757. The molecule has 1 saturated carbocycles. The lowest BCUT2D eigenvalue weighted by Crippen LogP contribution is -2.29. The van der Waals surface area contributed by atoms with E-state index < -0.39 is 0 Å². The number of hydrogen-bond acceptors (Lipinski definition) is 1. The summed E-state index contributed by atoms with van der Waals surface area (Å²) < 4.78 is 0. The van der Waals surface area contributed by atoms with Gasteiger partial charge in [-0.1, -0.05) is 67.6 Å². The van der Waals surface area contributed by atoms with Crippen LogP contribution in [0.25, 0.3) is 11.1 Å². The molecule has 22 heavy (non-hydrogen) atoms. The van der Waals surface area contributed by atoms with Gasteiger partial charge < -0.3 is 0 Å². The molecule has 0 saturated heterocycles. The largest absolute Gasteiger partial charge is 0.298 e. The van der Waals surface area contributed by atoms with Gasteiger partial charge in [0.15, 0.2) is 0 Å². The average molecular weight is 288 g/mol. The van der Waals surface area contributed by atoms with Crippen LogP contribution in [0, 0.1) is 17.3 Å². The van der Waals surface area contributed by atoms with E-state index in [1.165, 1.54) is 22.3 Å². The van der Waals surface area contributed by atoms with Gasteiger partial charge >= 0.3 is 0 Å². The number of Topliss-reactive ketones (excluding diaryl/α,β-unsaturated/α-hetero) is 1. The Morgan fingerprint density at radius 1 is 0.909 bits per heavy atom. The Morgan fingerprint density at radius 2 is 1.45 bits per heavy atom. The van der Waals surface area contributed by atoms with Crippen LogP contribution in [0.5, 0.6) is 0 Å². The number of allylic oxidation sites excluding steroid dienone is 2. The summed E-state index contributed by atoms with van der Waals surface area (Å²) in [7, 11) is 0. The first-order chi connectivity index (χ1) is 10.6. The number of rotatable bonds is 2. The molecule has 0 spiro atoms. The molecule has 0 aromatic heterocycles. The van der Waals surface area contributed by atoms with Gasteiger partial charge in [-0.2, -0.15) is 0 Å². The monoisotopic (exact) mass is 288 g/mol. The van der Waals surface area contributed by atoms with E-state index in [1.54, 1.807) is 0 Å². The molecule has 2 aliphatic carbocycles. The quantitative estimate of drug-likeness (QED) is 0.772. The van der Waals surface area contributed by atoms with Crippen molar-refractivity contribution in [2.45, 2.75) is 20.3 Å². The fourth-order valence-corrected chi connectivity index (χ4v) is 4.52. The van der Waals surface area contributed by atoms with Crippen molar-refractivity contribution in [3.05, 3.63) is 71.8 Å². The molecule has 0 heterocycles. The van der Waals surface area contributed by atoms with Crippen molar-refractivity contribution < 1.29 is 4.79 Å². The molecular weight excluding hydrogens is 268 g/mol. The van der Waals surface area contributed by atoms with Crippen molar-refractivity contribution in [3.8, 4) is 0 Å². The van der Waals surface area contributed by atoms with Gasteiger partial charge in [0, 0.05) is 5.92 Å². The van der Waals surface area contributed by atoms with Gasteiger partial charge in [-0.25, -0.2) is 0 Å². The summed E-state index contributed by atoms with van der Waals surface area (Å²) in [5.74, 6) is 0.902. The molecule has 0 aliphatic heterocycles. The molecule has 1 nitrogen and oxygen atoms in total. The second kappa shape index (κ2) is 4.67. The summed E-state index contributed by atoms with van der Waals surface area (Å²) in [6.07, 6.45) is 0.960. The molecule has 4 rings (SSSR count). The third-order valence-corrected chi connectivity index (χ3v) is 5.53. The highest BCUT2D eigenvalue weighted by Crippen LogP contribution is 2.63. The van der Waals surface area contributed by atoms with E-state index in [9.17, 15) is 4.79 Å². The highest BCUT2D eigenvalue weighted by Gasteiger charge is 2.57.